The Balaban J connectivity index is 2.38. The van der Waals surface area contributed by atoms with Crippen LogP contribution in [-0.2, 0) is 4.74 Å². The molecule has 17 heavy (non-hydrogen) atoms. The quantitative estimate of drug-likeness (QED) is 0.878. The van der Waals surface area contributed by atoms with Crippen LogP contribution < -0.4 is 5.32 Å². The van der Waals surface area contributed by atoms with Gasteiger partial charge in [0, 0.05) is 12.2 Å². The normalized spacial score (nSPS) is 26.1. The minimum absolute atomic E-state index is 0.330. The summed E-state index contributed by atoms with van der Waals surface area (Å²) >= 11 is 0. The van der Waals surface area contributed by atoms with Gasteiger partial charge in [0.2, 0.25) is 0 Å². The predicted molar refractivity (Wildman–Crippen MR) is 61.7 cm³/mol. The topological polar surface area (TPSA) is 21.3 Å². The average Bonchev–Trinajstić information content (AvgIpc) is 2.73. The van der Waals surface area contributed by atoms with Gasteiger partial charge in [-0.25, -0.2) is 8.78 Å². The van der Waals surface area contributed by atoms with E-state index in [4.69, 9.17) is 4.74 Å². The maximum absolute atomic E-state index is 13.8. The summed E-state index contributed by atoms with van der Waals surface area (Å²) in [6.45, 7) is 2.61. The van der Waals surface area contributed by atoms with E-state index in [1.54, 1.807) is 13.1 Å². The van der Waals surface area contributed by atoms with Gasteiger partial charge >= 0.3 is 0 Å². The monoisotopic (exact) mass is 241 g/mol. The lowest BCUT2D eigenvalue weighted by Gasteiger charge is -2.33. The Morgan fingerprint density at radius 3 is 2.76 bits per heavy atom. The van der Waals surface area contributed by atoms with Gasteiger partial charge in [-0.3, -0.25) is 0 Å². The van der Waals surface area contributed by atoms with Gasteiger partial charge in [-0.15, -0.1) is 0 Å². The highest BCUT2D eigenvalue weighted by molar-refractivity contribution is 5.25. The van der Waals surface area contributed by atoms with Crippen molar-refractivity contribution in [1.82, 2.24) is 5.32 Å². The molecule has 2 nitrogen and oxygen atoms in total. The van der Waals surface area contributed by atoms with Crippen molar-refractivity contribution in [3.63, 3.8) is 0 Å². The van der Waals surface area contributed by atoms with Crippen LogP contribution in [0.25, 0.3) is 0 Å². The molecular weight excluding hydrogens is 224 g/mol. The molecule has 94 valence electrons. The second-order valence-corrected chi connectivity index (χ2v) is 4.63. The van der Waals surface area contributed by atoms with Crippen LogP contribution in [0.1, 0.15) is 31.4 Å². The Bertz CT molecular complexity index is 402. The van der Waals surface area contributed by atoms with Crippen LogP contribution in [0.5, 0.6) is 0 Å². The molecule has 2 atom stereocenters. The van der Waals surface area contributed by atoms with Crippen LogP contribution >= 0.6 is 0 Å². The molecular formula is C13H17F2NO. The second-order valence-electron chi connectivity index (χ2n) is 4.63. The molecule has 1 fully saturated rings. The molecule has 1 aliphatic rings. The van der Waals surface area contributed by atoms with Gasteiger partial charge in [0.05, 0.1) is 11.6 Å². The molecule has 0 aromatic heterocycles. The van der Waals surface area contributed by atoms with E-state index < -0.39 is 17.2 Å². The molecule has 4 heteroatoms. The number of nitrogens with one attached hydrogen (secondary N) is 1. The molecule has 0 aliphatic carbocycles. The molecule has 2 rings (SSSR count). The molecule has 1 aromatic rings. The molecule has 0 radical (unpaired) electrons. The zero-order valence-corrected chi connectivity index (χ0v) is 10.1. The van der Waals surface area contributed by atoms with E-state index in [0.717, 1.165) is 18.9 Å². The van der Waals surface area contributed by atoms with Crippen molar-refractivity contribution >= 4 is 0 Å². The standard InChI is InChI=1S/C13H17F2NO/c1-13(7-4-8-17-13)12(16-2)9-5-3-6-10(14)11(9)15/h3,5-6,12,16H,4,7-8H2,1-2H3. The van der Waals surface area contributed by atoms with Crippen molar-refractivity contribution in [3.05, 3.63) is 35.4 Å². The number of hydrogen-bond acceptors (Lipinski definition) is 2. The van der Waals surface area contributed by atoms with Gasteiger partial charge in [-0.2, -0.15) is 0 Å². The van der Waals surface area contributed by atoms with E-state index >= 15 is 0 Å². The molecule has 1 heterocycles. The molecule has 1 saturated heterocycles. The third-order valence-corrected chi connectivity index (χ3v) is 3.44. The highest BCUT2D eigenvalue weighted by Crippen LogP contribution is 2.38. The van der Waals surface area contributed by atoms with Gasteiger partial charge in [-0.1, -0.05) is 12.1 Å². The van der Waals surface area contributed by atoms with Crippen LogP contribution in [-0.4, -0.2) is 19.3 Å². The molecule has 0 amide bonds. The predicted octanol–water partition coefficient (Wildman–Crippen LogP) is 2.79. The van der Waals surface area contributed by atoms with Gasteiger partial charge in [0.1, 0.15) is 0 Å². The first-order valence-electron chi connectivity index (χ1n) is 5.83. The summed E-state index contributed by atoms with van der Waals surface area (Å²) in [5.74, 6) is -1.60. The van der Waals surface area contributed by atoms with Crippen LogP contribution in [0.4, 0.5) is 8.78 Å². The highest BCUT2D eigenvalue weighted by Gasteiger charge is 2.39. The summed E-state index contributed by atoms with van der Waals surface area (Å²) in [5, 5.41) is 3.04. The third kappa shape index (κ3) is 2.19. The summed E-state index contributed by atoms with van der Waals surface area (Å²) in [5.41, 5.74) is -0.138. The van der Waals surface area contributed by atoms with E-state index in [0.29, 0.717) is 12.2 Å². The Morgan fingerprint density at radius 2 is 2.18 bits per heavy atom. The molecule has 0 saturated carbocycles. The highest BCUT2D eigenvalue weighted by atomic mass is 19.2. The maximum atomic E-state index is 13.8. The lowest BCUT2D eigenvalue weighted by atomic mass is 9.87. The summed E-state index contributed by atoms with van der Waals surface area (Å²) in [6.07, 6.45) is 1.79. The minimum Gasteiger partial charge on any atom is -0.373 e. The molecule has 1 aromatic carbocycles. The number of halogens is 2. The van der Waals surface area contributed by atoms with E-state index in [9.17, 15) is 8.78 Å². The van der Waals surface area contributed by atoms with E-state index in [-0.39, 0.29) is 6.04 Å². The fraction of sp³-hybridized carbons (Fsp3) is 0.538. The Morgan fingerprint density at radius 1 is 1.41 bits per heavy atom. The minimum atomic E-state index is -0.815. The number of ether oxygens (including phenoxy) is 1. The van der Waals surface area contributed by atoms with Gasteiger partial charge in [0.15, 0.2) is 11.6 Å². The Labute approximate surface area is 100.0 Å². The Kier molecular flexibility index (Phi) is 3.45. The lowest BCUT2D eigenvalue weighted by Crippen LogP contribution is -2.40. The first kappa shape index (κ1) is 12.5. The van der Waals surface area contributed by atoms with E-state index in [2.05, 4.69) is 5.32 Å². The summed E-state index contributed by atoms with van der Waals surface area (Å²) in [6, 6.07) is 3.92. The lowest BCUT2D eigenvalue weighted by molar-refractivity contribution is -0.0115. The number of likely N-dealkylation sites (N-methyl/N-ethyl adjacent to an activating group) is 1. The second kappa shape index (κ2) is 4.70. The van der Waals surface area contributed by atoms with Gasteiger partial charge in [-0.05, 0) is 32.9 Å². The van der Waals surface area contributed by atoms with E-state index in [1.807, 2.05) is 6.92 Å². The number of benzene rings is 1. The van der Waals surface area contributed by atoms with Crippen molar-refractivity contribution < 1.29 is 13.5 Å². The fourth-order valence-electron chi connectivity index (χ4n) is 2.56. The maximum Gasteiger partial charge on any atom is 0.163 e. The molecule has 1 N–H and O–H groups in total. The molecule has 1 aliphatic heterocycles. The average molecular weight is 241 g/mol. The summed E-state index contributed by atoms with van der Waals surface area (Å²) in [7, 11) is 1.74. The van der Waals surface area contributed by atoms with Crippen LogP contribution in [0, 0.1) is 11.6 Å². The van der Waals surface area contributed by atoms with Crippen LogP contribution in [0.2, 0.25) is 0 Å². The van der Waals surface area contributed by atoms with Gasteiger partial charge in [0.25, 0.3) is 0 Å². The third-order valence-electron chi connectivity index (χ3n) is 3.44. The smallest absolute Gasteiger partial charge is 0.163 e. The SMILES string of the molecule is CNC(c1cccc(F)c1F)C1(C)CCCO1. The number of hydrogen-bond donors (Lipinski definition) is 1. The van der Waals surface area contributed by atoms with E-state index in [1.165, 1.54) is 6.07 Å². The van der Waals surface area contributed by atoms with Crippen molar-refractivity contribution in [1.29, 1.82) is 0 Å². The zero-order valence-electron chi connectivity index (χ0n) is 10.1. The van der Waals surface area contributed by atoms with Crippen molar-refractivity contribution in [3.8, 4) is 0 Å². The molecule has 0 bridgehead atoms. The fourth-order valence-corrected chi connectivity index (χ4v) is 2.56. The summed E-state index contributed by atoms with van der Waals surface area (Å²) < 4.78 is 32.7. The Hall–Kier alpha value is -1.00. The van der Waals surface area contributed by atoms with Crippen LogP contribution in [0.15, 0.2) is 18.2 Å². The van der Waals surface area contributed by atoms with Crippen LogP contribution in [0.3, 0.4) is 0 Å². The first-order valence-corrected chi connectivity index (χ1v) is 5.83. The molecule has 0 spiro atoms. The first-order chi connectivity index (χ1) is 8.08. The van der Waals surface area contributed by atoms with Gasteiger partial charge < -0.3 is 10.1 Å². The van der Waals surface area contributed by atoms with Crippen molar-refractivity contribution in [2.75, 3.05) is 13.7 Å². The van der Waals surface area contributed by atoms with Crippen molar-refractivity contribution in [2.45, 2.75) is 31.4 Å². The van der Waals surface area contributed by atoms with Crippen molar-refractivity contribution in [2.24, 2.45) is 0 Å². The number of rotatable bonds is 3. The largest absolute Gasteiger partial charge is 0.373 e. The summed E-state index contributed by atoms with van der Waals surface area (Å²) in [4.78, 5) is 0. The zero-order chi connectivity index (χ0) is 12.5. The molecule has 2 unspecified atom stereocenters.